The van der Waals surface area contributed by atoms with Gasteiger partial charge in [-0.2, -0.15) is 0 Å². The summed E-state index contributed by atoms with van der Waals surface area (Å²) in [5, 5.41) is 11.0. The van der Waals surface area contributed by atoms with E-state index >= 15 is 0 Å². The van der Waals surface area contributed by atoms with Crippen LogP contribution in [0.4, 0.5) is 4.39 Å². The lowest BCUT2D eigenvalue weighted by Crippen LogP contribution is -2.40. The Labute approximate surface area is 97.5 Å². The third kappa shape index (κ3) is 3.61. The van der Waals surface area contributed by atoms with Gasteiger partial charge in [-0.3, -0.25) is 4.79 Å². The largest absolute Gasteiger partial charge is 0.480 e. The van der Waals surface area contributed by atoms with Crippen molar-refractivity contribution in [1.29, 1.82) is 0 Å². The molecule has 88 valence electrons. The standard InChI is InChI=1S/C12H10FNO3/c1-2-4-10(12(16)17)14-11(15)8-5-3-6-9(13)7-8/h1,3,5-7,10H,4H2,(H,14,15)(H,16,17)/t10-/m1/s1. The number of terminal acetylenes is 1. The molecular formula is C12H10FNO3. The Morgan fingerprint density at radius 2 is 2.24 bits per heavy atom. The first-order valence-corrected chi connectivity index (χ1v) is 4.77. The third-order valence-electron chi connectivity index (χ3n) is 2.01. The van der Waals surface area contributed by atoms with Crippen LogP contribution in [0.5, 0.6) is 0 Å². The van der Waals surface area contributed by atoms with Crippen molar-refractivity contribution in [1.82, 2.24) is 5.32 Å². The van der Waals surface area contributed by atoms with Crippen molar-refractivity contribution in [2.24, 2.45) is 0 Å². The first-order chi connectivity index (χ1) is 8.04. The molecule has 0 saturated carbocycles. The van der Waals surface area contributed by atoms with Gasteiger partial charge in [0.2, 0.25) is 0 Å². The average molecular weight is 235 g/mol. The van der Waals surface area contributed by atoms with Gasteiger partial charge in [0, 0.05) is 12.0 Å². The third-order valence-corrected chi connectivity index (χ3v) is 2.01. The molecule has 1 atom stereocenters. The average Bonchev–Trinajstić information content (AvgIpc) is 2.28. The van der Waals surface area contributed by atoms with Crippen LogP contribution in [-0.4, -0.2) is 23.0 Å². The minimum absolute atomic E-state index is 0.0493. The highest BCUT2D eigenvalue weighted by atomic mass is 19.1. The fraction of sp³-hybridized carbons (Fsp3) is 0.167. The Bertz CT molecular complexity index is 479. The number of amides is 1. The molecule has 0 spiro atoms. The summed E-state index contributed by atoms with van der Waals surface area (Å²) in [6.07, 6.45) is 4.85. The number of benzene rings is 1. The second-order valence-electron chi connectivity index (χ2n) is 3.28. The number of carbonyl (C=O) groups is 2. The van der Waals surface area contributed by atoms with Gasteiger partial charge in [-0.05, 0) is 18.2 Å². The molecule has 5 heteroatoms. The van der Waals surface area contributed by atoms with Gasteiger partial charge in [0.05, 0.1) is 0 Å². The summed E-state index contributed by atoms with van der Waals surface area (Å²) in [7, 11) is 0. The van der Waals surface area contributed by atoms with E-state index in [1.54, 1.807) is 0 Å². The summed E-state index contributed by atoms with van der Waals surface area (Å²) in [4.78, 5) is 22.3. The first-order valence-electron chi connectivity index (χ1n) is 4.77. The van der Waals surface area contributed by atoms with Crippen molar-refractivity contribution in [2.75, 3.05) is 0 Å². The Morgan fingerprint density at radius 3 is 2.76 bits per heavy atom. The zero-order valence-corrected chi connectivity index (χ0v) is 8.81. The monoisotopic (exact) mass is 235 g/mol. The van der Waals surface area contributed by atoms with E-state index in [1.165, 1.54) is 18.2 Å². The highest BCUT2D eigenvalue weighted by Crippen LogP contribution is 2.04. The number of carboxylic acid groups (broad SMARTS) is 1. The van der Waals surface area contributed by atoms with Crippen molar-refractivity contribution in [3.63, 3.8) is 0 Å². The number of hydrogen-bond donors (Lipinski definition) is 2. The molecule has 1 rings (SSSR count). The van der Waals surface area contributed by atoms with Crippen LogP contribution < -0.4 is 5.32 Å². The van der Waals surface area contributed by atoms with Crippen molar-refractivity contribution in [2.45, 2.75) is 12.5 Å². The lowest BCUT2D eigenvalue weighted by molar-refractivity contribution is -0.139. The predicted octanol–water partition coefficient (Wildman–Crippen LogP) is 1.03. The van der Waals surface area contributed by atoms with Gasteiger partial charge in [-0.25, -0.2) is 9.18 Å². The van der Waals surface area contributed by atoms with E-state index in [-0.39, 0.29) is 12.0 Å². The Kier molecular flexibility index (Phi) is 4.23. The molecule has 0 saturated heterocycles. The van der Waals surface area contributed by atoms with Gasteiger partial charge in [0.1, 0.15) is 11.9 Å². The number of hydrogen-bond acceptors (Lipinski definition) is 2. The van der Waals surface area contributed by atoms with Crippen LogP contribution in [0.1, 0.15) is 16.8 Å². The Balaban J connectivity index is 2.78. The molecule has 0 unspecified atom stereocenters. The molecule has 0 aliphatic heterocycles. The van der Waals surface area contributed by atoms with E-state index in [0.29, 0.717) is 0 Å². The van der Waals surface area contributed by atoms with Crippen LogP contribution in [0.3, 0.4) is 0 Å². The van der Waals surface area contributed by atoms with Crippen LogP contribution >= 0.6 is 0 Å². The molecule has 17 heavy (non-hydrogen) atoms. The molecule has 1 aromatic rings. The zero-order chi connectivity index (χ0) is 12.8. The molecule has 2 N–H and O–H groups in total. The van der Waals surface area contributed by atoms with Crippen molar-refractivity contribution >= 4 is 11.9 Å². The van der Waals surface area contributed by atoms with E-state index in [0.717, 1.165) is 6.07 Å². The summed E-state index contributed by atoms with van der Waals surface area (Å²) in [6.45, 7) is 0. The lowest BCUT2D eigenvalue weighted by atomic mass is 10.1. The summed E-state index contributed by atoms with van der Waals surface area (Å²) in [5.41, 5.74) is 0.0493. The van der Waals surface area contributed by atoms with Gasteiger partial charge in [0.25, 0.3) is 5.91 Å². The molecule has 1 aromatic carbocycles. The summed E-state index contributed by atoms with van der Waals surface area (Å²) >= 11 is 0. The van der Waals surface area contributed by atoms with E-state index in [2.05, 4.69) is 11.2 Å². The van der Waals surface area contributed by atoms with Crippen molar-refractivity contribution in [3.8, 4) is 12.3 Å². The Morgan fingerprint density at radius 1 is 1.53 bits per heavy atom. The second kappa shape index (κ2) is 5.66. The normalized spacial score (nSPS) is 11.3. The predicted molar refractivity (Wildman–Crippen MR) is 58.7 cm³/mol. The van der Waals surface area contributed by atoms with E-state index in [9.17, 15) is 14.0 Å². The quantitative estimate of drug-likeness (QED) is 0.766. The van der Waals surface area contributed by atoms with Crippen molar-refractivity contribution in [3.05, 3.63) is 35.6 Å². The number of halogens is 1. The van der Waals surface area contributed by atoms with Crippen LogP contribution in [0, 0.1) is 18.2 Å². The highest BCUT2D eigenvalue weighted by molar-refractivity contribution is 5.96. The highest BCUT2D eigenvalue weighted by Gasteiger charge is 2.19. The van der Waals surface area contributed by atoms with Gasteiger partial charge in [-0.1, -0.05) is 6.07 Å². The maximum absolute atomic E-state index is 12.8. The molecule has 0 aliphatic carbocycles. The molecule has 0 fully saturated rings. The van der Waals surface area contributed by atoms with Crippen LogP contribution in [0.15, 0.2) is 24.3 Å². The fourth-order valence-corrected chi connectivity index (χ4v) is 1.19. The SMILES string of the molecule is C#CC[C@@H](NC(=O)c1cccc(F)c1)C(=O)O. The van der Waals surface area contributed by atoms with E-state index in [1.807, 2.05) is 0 Å². The van der Waals surface area contributed by atoms with Crippen LogP contribution in [0.2, 0.25) is 0 Å². The summed E-state index contributed by atoms with van der Waals surface area (Å²) in [6, 6.07) is 3.78. The van der Waals surface area contributed by atoms with Crippen LogP contribution in [-0.2, 0) is 4.79 Å². The van der Waals surface area contributed by atoms with Gasteiger partial charge < -0.3 is 10.4 Å². The molecule has 0 bridgehead atoms. The number of nitrogens with one attached hydrogen (secondary N) is 1. The number of aliphatic carboxylic acids is 1. The smallest absolute Gasteiger partial charge is 0.327 e. The maximum Gasteiger partial charge on any atom is 0.327 e. The molecular weight excluding hydrogens is 225 g/mol. The van der Waals surface area contributed by atoms with E-state index < -0.39 is 23.7 Å². The molecule has 1 amide bonds. The zero-order valence-electron chi connectivity index (χ0n) is 8.81. The minimum atomic E-state index is -1.23. The molecule has 0 radical (unpaired) electrons. The fourth-order valence-electron chi connectivity index (χ4n) is 1.19. The molecule has 4 nitrogen and oxygen atoms in total. The first kappa shape index (κ1) is 12.7. The minimum Gasteiger partial charge on any atom is -0.480 e. The number of carbonyl (C=O) groups excluding carboxylic acids is 1. The number of rotatable bonds is 4. The topological polar surface area (TPSA) is 66.4 Å². The van der Waals surface area contributed by atoms with E-state index in [4.69, 9.17) is 11.5 Å². The number of carboxylic acids is 1. The van der Waals surface area contributed by atoms with Gasteiger partial charge in [0.15, 0.2) is 0 Å². The Hall–Kier alpha value is -2.35. The second-order valence-corrected chi connectivity index (χ2v) is 3.28. The van der Waals surface area contributed by atoms with Gasteiger partial charge in [-0.15, -0.1) is 12.3 Å². The van der Waals surface area contributed by atoms with Crippen LogP contribution in [0.25, 0.3) is 0 Å². The van der Waals surface area contributed by atoms with Gasteiger partial charge >= 0.3 is 5.97 Å². The summed E-state index contributed by atoms with van der Waals surface area (Å²) < 4.78 is 12.8. The van der Waals surface area contributed by atoms with Crippen molar-refractivity contribution < 1.29 is 19.1 Å². The maximum atomic E-state index is 12.8. The summed E-state index contributed by atoms with van der Waals surface area (Å²) in [5.74, 6) is -0.323. The molecule has 0 heterocycles. The lowest BCUT2D eigenvalue weighted by Gasteiger charge is -2.11. The molecule has 0 aromatic heterocycles. The molecule has 0 aliphatic rings.